The van der Waals surface area contributed by atoms with Crippen molar-refractivity contribution in [2.24, 2.45) is 5.73 Å². The molecule has 1 unspecified atom stereocenters. The van der Waals surface area contributed by atoms with Crippen LogP contribution in [0.5, 0.6) is 0 Å². The van der Waals surface area contributed by atoms with Crippen molar-refractivity contribution in [3.8, 4) is 11.3 Å². The average molecular weight is 417 g/mol. The number of rotatable bonds is 4. The number of piperidine rings is 1. The zero-order valence-corrected chi connectivity index (χ0v) is 18.2. The van der Waals surface area contributed by atoms with E-state index < -0.39 is 18.4 Å². The molecule has 1 fully saturated rings. The molecule has 4 N–H and O–H groups in total. The van der Waals surface area contributed by atoms with E-state index in [1.807, 2.05) is 24.8 Å². The Hall–Kier alpha value is -1.80. The van der Waals surface area contributed by atoms with Gasteiger partial charge in [-0.1, -0.05) is 13.8 Å². The Morgan fingerprint density at radius 1 is 1.28 bits per heavy atom. The smallest absolute Gasteiger partial charge is 0.142 e. The number of pyridine rings is 1. The number of hydrogen-bond donors (Lipinski definition) is 3. The van der Waals surface area contributed by atoms with E-state index in [0.717, 1.165) is 33.0 Å². The van der Waals surface area contributed by atoms with Gasteiger partial charge in [-0.2, -0.15) is 0 Å². The van der Waals surface area contributed by atoms with Crippen LogP contribution in [0, 0.1) is 13.8 Å². The largest absolute Gasteiger partial charge is 0.373 e. The molecule has 1 aliphatic heterocycles. The lowest BCUT2D eigenvalue weighted by Gasteiger charge is -2.35. The lowest BCUT2D eigenvalue weighted by molar-refractivity contribution is -0.0267. The van der Waals surface area contributed by atoms with E-state index in [4.69, 9.17) is 5.73 Å². The summed E-state index contributed by atoms with van der Waals surface area (Å²) < 4.78 is 14.9. The van der Waals surface area contributed by atoms with Crippen LogP contribution < -0.4 is 5.73 Å². The monoisotopic (exact) mass is 416 g/mol. The van der Waals surface area contributed by atoms with Crippen LogP contribution in [0.1, 0.15) is 54.2 Å². The van der Waals surface area contributed by atoms with E-state index in [0.29, 0.717) is 25.4 Å². The zero-order chi connectivity index (χ0) is 20.9. The highest BCUT2D eigenvalue weighted by molar-refractivity contribution is 7.19. The van der Waals surface area contributed by atoms with Crippen LogP contribution in [0.3, 0.4) is 0 Å². The minimum Gasteiger partial charge on any atom is -0.373 e. The van der Waals surface area contributed by atoms with Gasteiger partial charge in [-0.05, 0) is 49.9 Å². The zero-order valence-electron chi connectivity index (χ0n) is 17.4. The number of hydrogen-bond acceptors (Lipinski definition) is 5. The molecular weight excluding hydrogens is 387 g/mol. The van der Waals surface area contributed by atoms with Gasteiger partial charge in [0.05, 0.1) is 20.8 Å². The van der Waals surface area contributed by atoms with Gasteiger partial charge in [0.25, 0.3) is 0 Å². The van der Waals surface area contributed by atoms with Crippen LogP contribution >= 0.6 is 11.3 Å². The number of aliphatic hydroxyl groups is 1. The summed E-state index contributed by atoms with van der Waals surface area (Å²) in [6, 6.07) is 5.69. The van der Waals surface area contributed by atoms with E-state index in [1.165, 1.54) is 10.3 Å². The lowest BCUT2D eigenvalue weighted by atomic mass is 9.99. The Morgan fingerprint density at radius 3 is 2.59 bits per heavy atom. The highest BCUT2D eigenvalue weighted by Crippen LogP contribution is 2.42. The molecule has 3 aromatic rings. The predicted molar refractivity (Wildman–Crippen MR) is 117 cm³/mol. The molecule has 0 bridgehead atoms. The molecule has 29 heavy (non-hydrogen) atoms. The normalized spacial score (nSPS) is 21.9. The molecule has 1 aliphatic rings. The number of fused-ring (bicyclic) bond motifs is 1. The third kappa shape index (κ3) is 3.84. The molecule has 0 saturated carbocycles. The topological polar surface area (TPSA) is 78.2 Å². The fourth-order valence-corrected chi connectivity index (χ4v) is 5.62. The number of halogens is 1. The van der Waals surface area contributed by atoms with Crippen molar-refractivity contribution in [3.05, 3.63) is 40.0 Å². The summed E-state index contributed by atoms with van der Waals surface area (Å²) in [6.45, 7) is 9.28. The average Bonchev–Trinajstić information content (AvgIpc) is 3.20. The Labute approximate surface area is 174 Å². The Morgan fingerprint density at radius 2 is 1.97 bits per heavy atom. The third-order valence-electron chi connectivity index (χ3n) is 5.67. The number of nitrogens with one attached hydrogen (secondary N) is 1. The number of likely N-dealkylation sites (tertiary alicyclic amines) is 1. The second-order valence-electron chi connectivity index (χ2n) is 8.44. The van der Waals surface area contributed by atoms with Crippen molar-refractivity contribution < 1.29 is 9.50 Å². The number of nitrogens with two attached hydrogens (primary N) is 1. The Kier molecular flexibility index (Phi) is 5.50. The van der Waals surface area contributed by atoms with Crippen LogP contribution in [-0.4, -0.2) is 45.3 Å². The number of H-pyrrole nitrogens is 1. The summed E-state index contributed by atoms with van der Waals surface area (Å²) in [5.41, 5.74) is 12.4. The molecule has 4 rings (SSSR count). The van der Waals surface area contributed by atoms with E-state index >= 15 is 0 Å². The first kappa shape index (κ1) is 20.5. The van der Waals surface area contributed by atoms with Crippen molar-refractivity contribution >= 4 is 21.6 Å². The lowest BCUT2D eigenvalue weighted by Crippen LogP contribution is -2.50. The molecular formula is C22H29FN4OS. The molecule has 7 heteroatoms. The molecule has 3 aromatic heterocycles. The van der Waals surface area contributed by atoms with Crippen LogP contribution in [0.2, 0.25) is 0 Å². The van der Waals surface area contributed by atoms with Crippen molar-refractivity contribution in [1.29, 1.82) is 0 Å². The standard InChI is InChI=1S/C22H29FN4OS/c1-11(2)19-20(14-7-12(3)25-13(4)8-14)26-17-9-18(29-21(17)19)22(28)27-6-5-15(23)16(24)10-27/h7-9,11,15-16,22,26,28H,5-6,10,24H2,1-4H3/t15-,16-,22?/m0/s1. The molecule has 0 amide bonds. The fraction of sp³-hybridized carbons (Fsp3) is 0.500. The first-order valence-corrected chi connectivity index (χ1v) is 11.0. The van der Waals surface area contributed by atoms with Crippen LogP contribution in [0.4, 0.5) is 4.39 Å². The molecule has 0 aliphatic carbocycles. The van der Waals surface area contributed by atoms with E-state index in [2.05, 4.69) is 35.9 Å². The van der Waals surface area contributed by atoms with Crippen LogP contribution in [0.25, 0.3) is 21.5 Å². The first-order valence-electron chi connectivity index (χ1n) is 10.2. The molecule has 4 heterocycles. The predicted octanol–water partition coefficient (Wildman–Crippen LogP) is 4.39. The minimum absolute atomic E-state index is 0.326. The van der Waals surface area contributed by atoms with Crippen LogP contribution in [-0.2, 0) is 0 Å². The molecule has 0 spiro atoms. The van der Waals surface area contributed by atoms with Crippen molar-refractivity contribution in [2.75, 3.05) is 13.1 Å². The second-order valence-corrected chi connectivity index (χ2v) is 9.52. The number of aromatic amines is 1. The summed E-state index contributed by atoms with van der Waals surface area (Å²) in [7, 11) is 0. The maximum atomic E-state index is 13.7. The maximum absolute atomic E-state index is 13.7. The number of nitrogens with zero attached hydrogens (tertiary/aromatic N) is 2. The second kappa shape index (κ2) is 7.80. The highest BCUT2D eigenvalue weighted by Gasteiger charge is 2.31. The number of aryl methyl sites for hydroxylation is 2. The number of alkyl halides is 1. The molecule has 0 aromatic carbocycles. The quantitative estimate of drug-likeness (QED) is 0.589. The van der Waals surface area contributed by atoms with Gasteiger partial charge in [-0.15, -0.1) is 11.3 Å². The summed E-state index contributed by atoms with van der Waals surface area (Å²) >= 11 is 1.61. The molecule has 5 nitrogen and oxygen atoms in total. The van der Waals surface area contributed by atoms with E-state index in [1.54, 1.807) is 11.3 Å². The maximum Gasteiger partial charge on any atom is 0.142 e. The van der Waals surface area contributed by atoms with Gasteiger partial charge >= 0.3 is 0 Å². The van der Waals surface area contributed by atoms with Gasteiger partial charge in [0.15, 0.2) is 0 Å². The number of aromatic nitrogens is 2. The SMILES string of the molecule is Cc1cc(-c2[nH]c3cc(C(O)N4CC[C@H](F)[C@@H](N)C4)sc3c2C(C)C)cc(C)n1. The van der Waals surface area contributed by atoms with Gasteiger partial charge < -0.3 is 15.8 Å². The number of thiophene rings is 1. The molecule has 1 saturated heterocycles. The van der Waals surface area contributed by atoms with Crippen molar-refractivity contribution in [1.82, 2.24) is 14.9 Å². The third-order valence-corrected chi connectivity index (χ3v) is 6.88. The first-order chi connectivity index (χ1) is 13.7. The van der Waals surface area contributed by atoms with E-state index in [9.17, 15) is 9.50 Å². The minimum atomic E-state index is -0.987. The molecule has 3 atom stereocenters. The van der Waals surface area contributed by atoms with Crippen molar-refractivity contribution in [2.45, 2.75) is 58.5 Å². The van der Waals surface area contributed by atoms with Gasteiger partial charge in [0.1, 0.15) is 12.4 Å². The summed E-state index contributed by atoms with van der Waals surface area (Å²) in [5.74, 6) is 0.326. The molecule has 0 radical (unpaired) electrons. The van der Waals surface area contributed by atoms with Crippen LogP contribution in [0.15, 0.2) is 18.2 Å². The highest BCUT2D eigenvalue weighted by atomic mass is 32.1. The number of aliphatic hydroxyl groups excluding tert-OH is 1. The summed E-state index contributed by atoms with van der Waals surface area (Å²) in [5, 5.41) is 10.9. The van der Waals surface area contributed by atoms with Gasteiger partial charge in [-0.25, -0.2) is 4.39 Å². The summed E-state index contributed by atoms with van der Waals surface area (Å²) in [6.07, 6.45) is -1.38. The van der Waals surface area contributed by atoms with Crippen molar-refractivity contribution in [3.63, 3.8) is 0 Å². The van der Waals surface area contributed by atoms with Gasteiger partial charge in [0.2, 0.25) is 0 Å². The van der Waals surface area contributed by atoms with Gasteiger partial charge in [-0.3, -0.25) is 9.88 Å². The fourth-order valence-electron chi connectivity index (χ4n) is 4.28. The van der Waals surface area contributed by atoms with E-state index in [-0.39, 0.29) is 0 Å². The Balaban J connectivity index is 1.72. The molecule has 156 valence electrons. The summed E-state index contributed by atoms with van der Waals surface area (Å²) in [4.78, 5) is 10.8. The Bertz CT molecular complexity index is 1010. The van der Waals surface area contributed by atoms with Gasteiger partial charge in [0, 0.05) is 36.1 Å².